The molecule has 3 aromatic rings. The summed E-state index contributed by atoms with van der Waals surface area (Å²) in [6.07, 6.45) is 5.27. The van der Waals surface area contributed by atoms with Crippen molar-refractivity contribution in [1.82, 2.24) is 9.55 Å². The summed E-state index contributed by atoms with van der Waals surface area (Å²) in [6, 6.07) is 13.7. The van der Waals surface area contributed by atoms with Crippen LogP contribution in [0.2, 0.25) is 5.02 Å². The predicted octanol–water partition coefficient (Wildman–Crippen LogP) is 5.75. The summed E-state index contributed by atoms with van der Waals surface area (Å²) in [4.78, 5) is 31.4. The Balaban J connectivity index is 1.53. The minimum atomic E-state index is -0.108. The molecule has 5 rings (SSSR count). The SMILES string of the molecule is Cc1ccc(C(=O)CSc2nc3c(c(=O)n2C)C2(CCCC2)Cc2ccccc2-3)cc1Cl. The molecule has 6 heteroatoms. The van der Waals surface area contributed by atoms with E-state index in [1.165, 1.54) is 17.3 Å². The third-order valence-electron chi connectivity index (χ3n) is 6.97. The van der Waals surface area contributed by atoms with Crippen LogP contribution in [0.25, 0.3) is 11.3 Å². The van der Waals surface area contributed by atoms with Crippen LogP contribution in [0, 0.1) is 6.92 Å². The Hall–Kier alpha value is -2.37. The molecule has 0 bridgehead atoms. The largest absolute Gasteiger partial charge is 0.293 e. The van der Waals surface area contributed by atoms with Crippen molar-refractivity contribution in [1.29, 1.82) is 0 Å². The van der Waals surface area contributed by atoms with Crippen molar-refractivity contribution in [2.45, 2.75) is 49.6 Å². The molecule has 1 aromatic heterocycles. The van der Waals surface area contributed by atoms with Crippen molar-refractivity contribution in [3.63, 3.8) is 0 Å². The number of rotatable bonds is 4. The van der Waals surface area contributed by atoms with Gasteiger partial charge in [0.2, 0.25) is 0 Å². The number of halogens is 1. The van der Waals surface area contributed by atoms with E-state index in [9.17, 15) is 9.59 Å². The first-order chi connectivity index (χ1) is 15.4. The van der Waals surface area contributed by atoms with E-state index in [0.717, 1.165) is 54.5 Å². The van der Waals surface area contributed by atoms with Crippen LogP contribution in [0.4, 0.5) is 0 Å². The Labute approximate surface area is 197 Å². The quantitative estimate of drug-likeness (QED) is 0.280. The van der Waals surface area contributed by atoms with Crippen LogP contribution in [0.5, 0.6) is 0 Å². The Bertz CT molecular complexity index is 1290. The summed E-state index contributed by atoms with van der Waals surface area (Å²) in [6.45, 7) is 1.91. The minimum absolute atomic E-state index is 0.0275. The molecule has 1 fully saturated rings. The van der Waals surface area contributed by atoms with Crippen molar-refractivity contribution in [2.24, 2.45) is 7.05 Å². The van der Waals surface area contributed by atoms with Crippen molar-refractivity contribution < 1.29 is 4.79 Å². The number of aryl methyl sites for hydroxylation is 1. The smallest absolute Gasteiger partial charge is 0.258 e. The van der Waals surface area contributed by atoms with Gasteiger partial charge in [-0.15, -0.1) is 0 Å². The lowest BCUT2D eigenvalue weighted by Crippen LogP contribution is -2.39. The average Bonchev–Trinajstić information content (AvgIpc) is 3.25. The predicted molar refractivity (Wildman–Crippen MR) is 130 cm³/mol. The molecule has 2 aliphatic carbocycles. The number of ketones is 1. The monoisotopic (exact) mass is 464 g/mol. The fourth-order valence-corrected chi connectivity index (χ4v) is 6.24. The van der Waals surface area contributed by atoms with Crippen LogP contribution >= 0.6 is 23.4 Å². The Morgan fingerprint density at radius 3 is 2.69 bits per heavy atom. The summed E-state index contributed by atoms with van der Waals surface area (Å²) < 4.78 is 1.63. The lowest BCUT2D eigenvalue weighted by atomic mass is 9.68. The first-order valence-corrected chi connectivity index (χ1v) is 12.4. The highest BCUT2D eigenvalue weighted by molar-refractivity contribution is 7.99. The topological polar surface area (TPSA) is 52.0 Å². The average molecular weight is 465 g/mol. The maximum Gasteiger partial charge on any atom is 0.258 e. The molecule has 164 valence electrons. The normalized spacial score (nSPS) is 16.1. The van der Waals surface area contributed by atoms with Crippen LogP contribution in [0.1, 0.15) is 52.7 Å². The first-order valence-electron chi connectivity index (χ1n) is 11.0. The van der Waals surface area contributed by atoms with Gasteiger partial charge < -0.3 is 0 Å². The van der Waals surface area contributed by atoms with Crippen LogP contribution < -0.4 is 5.56 Å². The molecule has 1 heterocycles. The molecule has 2 aliphatic rings. The standard InChI is InChI=1S/C26H25ClN2O2S/c1-16-9-10-17(13-20(16)27)21(30)15-32-25-28-23-19-8-4-3-7-18(19)14-26(11-5-6-12-26)22(23)24(31)29(25)2/h3-4,7-10,13H,5-6,11-12,14-15H2,1-2H3. The lowest BCUT2D eigenvalue weighted by molar-refractivity contribution is 0.102. The number of benzene rings is 2. The maximum atomic E-state index is 13.6. The zero-order valence-corrected chi connectivity index (χ0v) is 19.9. The number of Topliss-reactive ketones (excluding diaryl/α,β-unsaturated/α-hetero) is 1. The molecule has 2 aromatic carbocycles. The Morgan fingerprint density at radius 1 is 1.19 bits per heavy atom. The third kappa shape index (κ3) is 3.52. The summed E-state index contributed by atoms with van der Waals surface area (Å²) >= 11 is 7.50. The number of carbonyl (C=O) groups excluding carboxylic acids is 1. The Kier molecular flexibility index (Phi) is 5.50. The summed E-state index contributed by atoms with van der Waals surface area (Å²) in [5, 5.41) is 1.16. The van der Waals surface area contributed by atoms with E-state index in [1.807, 2.05) is 19.1 Å². The molecule has 4 nitrogen and oxygen atoms in total. The zero-order valence-electron chi connectivity index (χ0n) is 18.3. The van der Waals surface area contributed by atoms with Gasteiger partial charge in [0, 0.05) is 28.6 Å². The van der Waals surface area contributed by atoms with Gasteiger partial charge in [0.1, 0.15) is 0 Å². The first kappa shape index (κ1) is 21.5. The van der Waals surface area contributed by atoms with Gasteiger partial charge in [-0.3, -0.25) is 14.2 Å². The summed E-state index contributed by atoms with van der Waals surface area (Å²) in [7, 11) is 1.77. The van der Waals surface area contributed by atoms with Gasteiger partial charge in [0.05, 0.1) is 17.0 Å². The number of thioether (sulfide) groups is 1. The fourth-order valence-electron chi connectivity index (χ4n) is 5.20. The highest BCUT2D eigenvalue weighted by atomic mass is 35.5. The lowest BCUT2D eigenvalue weighted by Gasteiger charge is -2.36. The molecule has 0 amide bonds. The second-order valence-electron chi connectivity index (χ2n) is 8.98. The highest BCUT2D eigenvalue weighted by Gasteiger charge is 2.44. The second kappa shape index (κ2) is 8.20. The van der Waals surface area contributed by atoms with E-state index in [0.29, 0.717) is 15.7 Å². The number of fused-ring (bicyclic) bond motifs is 4. The van der Waals surface area contributed by atoms with E-state index >= 15 is 0 Å². The van der Waals surface area contributed by atoms with Crippen molar-refractivity contribution >= 4 is 29.1 Å². The van der Waals surface area contributed by atoms with Crippen LogP contribution in [-0.4, -0.2) is 21.1 Å². The number of aromatic nitrogens is 2. The van der Waals surface area contributed by atoms with Gasteiger partial charge in [0.15, 0.2) is 10.9 Å². The number of hydrogen-bond donors (Lipinski definition) is 0. The van der Waals surface area contributed by atoms with Gasteiger partial charge >= 0.3 is 0 Å². The zero-order chi connectivity index (χ0) is 22.5. The van der Waals surface area contributed by atoms with Gasteiger partial charge in [-0.25, -0.2) is 4.98 Å². The van der Waals surface area contributed by atoms with Crippen molar-refractivity contribution in [3.05, 3.63) is 80.1 Å². The van der Waals surface area contributed by atoms with E-state index in [-0.39, 0.29) is 22.5 Å². The fraction of sp³-hybridized carbons (Fsp3) is 0.346. The number of nitrogens with zero attached hydrogens (tertiary/aromatic N) is 2. The van der Waals surface area contributed by atoms with Crippen LogP contribution in [-0.2, 0) is 18.9 Å². The molecule has 0 N–H and O–H groups in total. The molecule has 32 heavy (non-hydrogen) atoms. The van der Waals surface area contributed by atoms with Crippen LogP contribution in [0.15, 0.2) is 52.4 Å². The van der Waals surface area contributed by atoms with Gasteiger partial charge in [0.25, 0.3) is 5.56 Å². The molecule has 0 saturated heterocycles. The summed E-state index contributed by atoms with van der Waals surface area (Å²) in [5.74, 6) is 0.169. The number of carbonyl (C=O) groups is 1. The maximum absolute atomic E-state index is 13.6. The molecule has 1 saturated carbocycles. The molecule has 1 spiro atoms. The Morgan fingerprint density at radius 2 is 1.94 bits per heavy atom. The number of hydrogen-bond acceptors (Lipinski definition) is 4. The molecule has 0 atom stereocenters. The molecule has 0 unspecified atom stereocenters. The molecular formula is C26H25ClN2O2S. The van der Waals surface area contributed by atoms with Crippen LogP contribution in [0.3, 0.4) is 0 Å². The van der Waals surface area contributed by atoms with E-state index < -0.39 is 0 Å². The van der Waals surface area contributed by atoms with Gasteiger partial charge in [-0.1, -0.05) is 72.6 Å². The summed E-state index contributed by atoms with van der Waals surface area (Å²) in [5.41, 5.74) is 5.44. The third-order valence-corrected chi connectivity index (χ3v) is 8.41. The molecule has 0 aliphatic heterocycles. The van der Waals surface area contributed by atoms with E-state index in [1.54, 1.807) is 23.7 Å². The minimum Gasteiger partial charge on any atom is -0.293 e. The van der Waals surface area contributed by atoms with Gasteiger partial charge in [-0.2, -0.15) is 0 Å². The van der Waals surface area contributed by atoms with E-state index in [4.69, 9.17) is 16.6 Å². The second-order valence-corrected chi connectivity index (χ2v) is 10.3. The van der Waals surface area contributed by atoms with Gasteiger partial charge in [-0.05, 0) is 43.4 Å². The van der Waals surface area contributed by atoms with E-state index in [2.05, 4.69) is 18.2 Å². The molecular weight excluding hydrogens is 440 g/mol. The molecule has 0 radical (unpaired) electrons. The van der Waals surface area contributed by atoms with Crippen molar-refractivity contribution in [3.8, 4) is 11.3 Å². The van der Waals surface area contributed by atoms with Crippen molar-refractivity contribution in [2.75, 3.05) is 5.75 Å². The highest BCUT2D eigenvalue weighted by Crippen LogP contribution is 2.49.